The first-order valence-corrected chi connectivity index (χ1v) is 16.7. The lowest BCUT2D eigenvalue weighted by Gasteiger charge is -2.23. The highest BCUT2D eigenvalue weighted by atomic mass is 14.7. The second-order valence-corrected chi connectivity index (χ2v) is 13.4. The molecular formula is C45H28N6. The van der Waals surface area contributed by atoms with Crippen LogP contribution < -0.4 is 0 Å². The maximum atomic E-state index is 9.56. The fourth-order valence-corrected chi connectivity index (χ4v) is 7.67. The van der Waals surface area contributed by atoms with Crippen molar-refractivity contribution >= 4 is 21.5 Å². The summed E-state index contributed by atoms with van der Waals surface area (Å²) in [6.45, 7) is 4.60. The van der Waals surface area contributed by atoms with Gasteiger partial charge in [0.05, 0.1) is 33.9 Å². The van der Waals surface area contributed by atoms with E-state index in [-0.39, 0.29) is 5.41 Å². The van der Waals surface area contributed by atoms with E-state index in [4.69, 9.17) is 9.97 Å². The fourth-order valence-electron chi connectivity index (χ4n) is 7.67. The summed E-state index contributed by atoms with van der Waals surface area (Å²) >= 11 is 0. The summed E-state index contributed by atoms with van der Waals surface area (Å²) in [5.74, 6) is 0. The molecule has 9 rings (SSSR count). The van der Waals surface area contributed by atoms with Crippen LogP contribution in [0.5, 0.6) is 0 Å². The molecule has 0 fully saturated rings. The molecule has 0 N–H and O–H groups in total. The van der Waals surface area contributed by atoms with Gasteiger partial charge in [-0.15, -0.1) is 0 Å². The number of hydrogen-bond acceptors (Lipinski definition) is 6. The first-order valence-electron chi connectivity index (χ1n) is 16.7. The van der Waals surface area contributed by atoms with Crippen LogP contribution in [0.2, 0.25) is 0 Å². The van der Waals surface area contributed by atoms with Crippen LogP contribution in [0, 0.1) is 22.7 Å². The minimum absolute atomic E-state index is 0.210. The largest absolute Gasteiger partial charge is 0.263 e. The van der Waals surface area contributed by atoms with Crippen LogP contribution in [0.3, 0.4) is 0 Å². The highest BCUT2D eigenvalue weighted by molar-refractivity contribution is 6.22. The Labute approximate surface area is 295 Å². The maximum Gasteiger partial charge on any atom is 0.101 e. The maximum absolute atomic E-state index is 9.56. The van der Waals surface area contributed by atoms with Crippen molar-refractivity contribution in [1.82, 2.24) is 19.9 Å². The zero-order valence-electron chi connectivity index (χ0n) is 27.9. The average molecular weight is 653 g/mol. The predicted octanol–water partition coefficient (Wildman–Crippen LogP) is 10.3. The van der Waals surface area contributed by atoms with E-state index in [0.717, 1.165) is 66.6 Å². The Bertz CT molecular complexity index is 2820. The van der Waals surface area contributed by atoms with E-state index in [1.807, 2.05) is 36.4 Å². The van der Waals surface area contributed by atoms with Crippen LogP contribution >= 0.6 is 0 Å². The zero-order valence-corrected chi connectivity index (χ0v) is 27.9. The molecule has 0 atom stereocenters. The first kappa shape index (κ1) is 30.1. The Hall–Kier alpha value is -7.02. The monoisotopic (exact) mass is 652 g/mol. The van der Waals surface area contributed by atoms with Crippen molar-refractivity contribution < 1.29 is 0 Å². The molecule has 1 aliphatic carbocycles. The molecule has 0 saturated carbocycles. The first-order chi connectivity index (χ1) is 24.9. The molecule has 0 spiro atoms. The number of fused-ring (bicyclic) bond motifs is 5. The average Bonchev–Trinajstić information content (AvgIpc) is 3.41. The third kappa shape index (κ3) is 4.77. The van der Waals surface area contributed by atoms with E-state index in [0.29, 0.717) is 11.1 Å². The number of pyridine rings is 4. The van der Waals surface area contributed by atoms with Gasteiger partial charge in [-0.3, -0.25) is 9.97 Å². The molecule has 0 aliphatic heterocycles. The van der Waals surface area contributed by atoms with Gasteiger partial charge in [-0.2, -0.15) is 10.5 Å². The molecule has 4 aromatic heterocycles. The number of benzene rings is 4. The van der Waals surface area contributed by atoms with Crippen LogP contribution in [0.15, 0.2) is 134 Å². The van der Waals surface area contributed by atoms with Gasteiger partial charge in [0.15, 0.2) is 0 Å². The van der Waals surface area contributed by atoms with Crippen molar-refractivity contribution in [3.8, 4) is 68.3 Å². The van der Waals surface area contributed by atoms with E-state index < -0.39 is 0 Å². The van der Waals surface area contributed by atoms with Gasteiger partial charge in [-0.05, 0) is 92.3 Å². The Morgan fingerprint density at radius 2 is 0.980 bits per heavy atom. The van der Waals surface area contributed by atoms with Gasteiger partial charge in [0, 0.05) is 52.5 Å². The fraction of sp³-hybridized carbons (Fsp3) is 0.0667. The summed E-state index contributed by atoms with van der Waals surface area (Å²) in [7, 11) is 0. The number of nitriles is 2. The topological polar surface area (TPSA) is 99.1 Å². The molecule has 4 aromatic carbocycles. The molecule has 238 valence electrons. The van der Waals surface area contributed by atoms with Gasteiger partial charge in [0.1, 0.15) is 12.1 Å². The van der Waals surface area contributed by atoms with Crippen LogP contribution in [-0.2, 0) is 5.41 Å². The van der Waals surface area contributed by atoms with Gasteiger partial charge in [-0.1, -0.05) is 74.5 Å². The Morgan fingerprint density at radius 1 is 0.471 bits per heavy atom. The summed E-state index contributed by atoms with van der Waals surface area (Å²) in [5, 5.41) is 23.4. The molecule has 6 heteroatoms. The lowest BCUT2D eigenvalue weighted by molar-refractivity contribution is 0.661. The molecule has 51 heavy (non-hydrogen) atoms. The highest BCUT2D eigenvalue weighted by Crippen LogP contribution is 2.53. The Balaban J connectivity index is 1.38. The number of nitrogens with zero attached hydrogens (tertiary/aromatic N) is 6. The molecule has 0 amide bonds. The van der Waals surface area contributed by atoms with Crippen molar-refractivity contribution in [3.63, 3.8) is 0 Å². The molecule has 0 radical (unpaired) electrons. The zero-order chi connectivity index (χ0) is 34.7. The molecule has 0 bridgehead atoms. The van der Waals surface area contributed by atoms with Crippen molar-refractivity contribution in [2.24, 2.45) is 0 Å². The summed E-state index contributed by atoms with van der Waals surface area (Å²) in [5.41, 5.74) is 12.6. The highest BCUT2D eigenvalue weighted by Gasteiger charge is 2.36. The molecule has 1 aliphatic rings. The van der Waals surface area contributed by atoms with Gasteiger partial charge >= 0.3 is 0 Å². The number of rotatable bonds is 4. The summed E-state index contributed by atoms with van der Waals surface area (Å²) in [4.78, 5) is 19.1. The van der Waals surface area contributed by atoms with Gasteiger partial charge < -0.3 is 0 Å². The van der Waals surface area contributed by atoms with E-state index in [2.05, 4.69) is 109 Å². The number of aromatic nitrogens is 4. The van der Waals surface area contributed by atoms with Crippen molar-refractivity contribution in [1.29, 1.82) is 10.5 Å². The standard InChI is InChI=1S/C45H28N6/c1-45(2)37-12-6-5-9-31(37)34-19-35-36(20-38(34)45)44(42-16-8-14-40(51-42)30-18-28(22-47)24-49-26-30)33-11-4-3-10-32(33)43(35)41-15-7-13-39(50-41)29-17-27(21-46)23-48-25-29/h3-20,23-26H,1-2H3. The van der Waals surface area contributed by atoms with Crippen LogP contribution in [0.4, 0.5) is 0 Å². The van der Waals surface area contributed by atoms with Crippen LogP contribution in [-0.4, -0.2) is 19.9 Å². The smallest absolute Gasteiger partial charge is 0.101 e. The van der Waals surface area contributed by atoms with Gasteiger partial charge in [0.25, 0.3) is 0 Å². The molecular weight excluding hydrogens is 625 g/mol. The van der Waals surface area contributed by atoms with E-state index in [1.165, 1.54) is 22.3 Å². The molecule has 0 saturated heterocycles. The summed E-state index contributed by atoms with van der Waals surface area (Å²) in [6, 6.07) is 42.0. The third-order valence-electron chi connectivity index (χ3n) is 10.1. The molecule has 8 aromatic rings. The van der Waals surface area contributed by atoms with Crippen LogP contribution in [0.1, 0.15) is 36.1 Å². The van der Waals surface area contributed by atoms with E-state index in [9.17, 15) is 10.5 Å². The lowest BCUT2D eigenvalue weighted by Crippen LogP contribution is -2.14. The SMILES string of the molecule is CC1(C)c2ccccc2-c2cc3c(-c4cccc(-c5cncc(C#N)c5)n4)c4ccccc4c(-c4cccc(-c5cncc(C#N)c5)n4)c3cc21. The normalized spacial score (nSPS) is 12.6. The third-order valence-corrected chi connectivity index (χ3v) is 10.1. The Morgan fingerprint density at radius 3 is 1.55 bits per heavy atom. The minimum Gasteiger partial charge on any atom is -0.263 e. The quantitative estimate of drug-likeness (QED) is 0.175. The summed E-state index contributed by atoms with van der Waals surface area (Å²) in [6.07, 6.45) is 6.62. The summed E-state index contributed by atoms with van der Waals surface area (Å²) < 4.78 is 0. The predicted molar refractivity (Wildman–Crippen MR) is 201 cm³/mol. The van der Waals surface area contributed by atoms with Crippen molar-refractivity contribution in [3.05, 3.63) is 156 Å². The molecule has 0 unspecified atom stereocenters. The van der Waals surface area contributed by atoms with Crippen molar-refractivity contribution in [2.75, 3.05) is 0 Å². The second-order valence-electron chi connectivity index (χ2n) is 13.4. The molecule has 6 nitrogen and oxygen atoms in total. The van der Waals surface area contributed by atoms with Crippen LogP contribution in [0.25, 0.3) is 77.7 Å². The van der Waals surface area contributed by atoms with E-state index in [1.54, 1.807) is 24.8 Å². The molecule has 4 heterocycles. The van der Waals surface area contributed by atoms with E-state index >= 15 is 0 Å². The van der Waals surface area contributed by atoms with Crippen molar-refractivity contribution in [2.45, 2.75) is 19.3 Å². The van der Waals surface area contributed by atoms with Gasteiger partial charge in [-0.25, -0.2) is 9.97 Å². The minimum atomic E-state index is -0.210. The number of hydrogen-bond donors (Lipinski definition) is 0. The lowest BCUT2D eigenvalue weighted by atomic mass is 9.80. The second kappa shape index (κ2) is 11.6. The Kier molecular flexibility index (Phi) is 6.81. The van der Waals surface area contributed by atoms with Gasteiger partial charge in [0.2, 0.25) is 0 Å².